The summed E-state index contributed by atoms with van der Waals surface area (Å²) in [4.78, 5) is 22.6. The van der Waals surface area contributed by atoms with E-state index in [4.69, 9.17) is 0 Å². The molecule has 0 spiro atoms. The minimum Gasteiger partial charge on any atom is -0.548 e. The topological polar surface area (TPSA) is 69.2 Å². The Balaban J connectivity index is 2.26. The van der Waals surface area contributed by atoms with E-state index in [9.17, 15) is 14.7 Å². The fourth-order valence-corrected chi connectivity index (χ4v) is 2.65. The maximum atomic E-state index is 11.4. The molecule has 0 fully saturated rings. The molecule has 0 saturated carbocycles. The second-order valence-electron chi connectivity index (χ2n) is 5.04. The highest BCUT2D eigenvalue weighted by Gasteiger charge is 2.39. The van der Waals surface area contributed by atoms with E-state index in [1.54, 1.807) is 0 Å². The molecule has 1 amide bonds. The van der Waals surface area contributed by atoms with Gasteiger partial charge in [-0.1, -0.05) is 24.3 Å². The molecule has 0 radical (unpaired) electrons. The van der Waals surface area contributed by atoms with Gasteiger partial charge in [-0.3, -0.25) is 4.79 Å². The number of hydrogen-bond donors (Lipinski definition) is 1. The Morgan fingerprint density at radius 3 is 2.17 bits per heavy atom. The molecule has 0 saturated heterocycles. The van der Waals surface area contributed by atoms with Crippen molar-refractivity contribution in [3.63, 3.8) is 0 Å². The minimum atomic E-state index is -1.31. The third-order valence-electron chi connectivity index (χ3n) is 3.73. The van der Waals surface area contributed by atoms with Gasteiger partial charge in [0.1, 0.15) is 0 Å². The SMILES string of the molecule is CC(=O)N[C@](C)(C(=O)[O-])C1Cc2ccccc2C1. The smallest absolute Gasteiger partial charge is 0.217 e. The van der Waals surface area contributed by atoms with Gasteiger partial charge in [-0.2, -0.15) is 0 Å². The van der Waals surface area contributed by atoms with Crippen LogP contribution in [0.5, 0.6) is 0 Å². The average Bonchev–Trinajstić information content (AvgIpc) is 2.71. The van der Waals surface area contributed by atoms with E-state index in [-0.39, 0.29) is 11.8 Å². The number of rotatable bonds is 3. The van der Waals surface area contributed by atoms with Crippen LogP contribution in [0.25, 0.3) is 0 Å². The molecule has 0 bridgehead atoms. The Kier molecular flexibility index (Phi) is 3.11. The van der Waals surface area contributed by atoms with Gasteiger partial charge < -0.3 is 15.2 Å². The van der Waals surface area contributed by atoms with Crippen LogP contribution in [0.1, 0.15) is 25.0 Å². The van der Waals surface area contributed by atoms with Crippen molar-refractivity contribution >= 4 is 11.9 Å². The molecule has 1 aromatic carbocycles. The van der Waals surface area contributed by atoms with Gasteiger partial charge in [0.05, 0.1) is 11.5 Å². The van der Waals surface area contributed by atoms with Crippen molar-refractivity contribution in [2.24, 2.45) is 5.92 Å². The summed E-state index contributed by atoms with van der Waals surface area (Å²) in [5.74, 6) is -1.74. The predicted octanol–water partition coefficient (Wildman–Crippen LogP) is 0.0461. The quantitative estimate of drug-likeness (QED) is 0.819. The van der Waals surface area contributed by atoms with Crippen molar-refractivity contribution in [3.05, 3.63) is 35.4 Å². The molecule has 0 heterocycles. The molecule has 0 unspecified atom stereocenters. The highest BCUT2D eigenvalue weighted by Crippen LogP contribution is 2.33. The van der Waals surface area contributed by atoms with E-state index < -0.39 is 11.5 Å². The van der Waals surface area contributed by atoms with E-state index in [0.29, 0.717) is 12.8 Å². The molecule has 1 N–H and O–H groups in total. The summed E-state index contributed by atoms with van der Waals surface area (Å²) in [6.45, 7) is 2.85. The standard InChI is InChI=1S/C14H17NO3/c1-9(16)15-14(2,13(17)18)12-7-10-5-3-4-6-11(10)8-12/h3-6,12H,7-8H2,1-2H3,(H,15,16)(H,17,18)/p-1/t14-/m0/s1. The number of fused-ring (bicyclic) bond motifs is 1. The van der Waals surface area contributed by atoms with E-state index >= 15 is 0 Å². The van der Waals surface area contributed by atoms with E-state index in [1.807, 2.05) is 24.3 Å². The molecular weight excluding hydrogens is 230 g/mol. The van der Waals surface area contributed by atoms with Crippen molar-refractivity contribution in [3.8, 4) is 0 Å². The molecule has 1 aromatic rings. The molecule has 0 aliphatic heterocycles. The Morgan fingerprint density at radius 2 is 1.78 bits per heavy atom. The summed E-state index contributed by atoms with van der Waals surface area (Å²) >= 11 is 0. The van der Waals surface area contributed by atoms with Crippen molar-refractivity contribution in [2.75, 3.05) is 0 Å². The molecule has 96 valence electrons. The lowest BCUT2D eigenvalue weighted by atomic mass is 9.83. The zero-order chi connectivity index (χ0) is 13.3. The summed E-state index contributed by atoms with van der Waals surface area (Å²) in [6.07, 6.45) is 1.31. The van der Waals surface area contributed by atoms with Gasteiger partial charge in [0, 0.05) is 6.92 Å². The van der Waals surface area contributed by atoms with Gasteiger partial charge in [-0.25, -0.2) is 0 Å². The molecule has 0 aromatic heterocycles. The van der Waals surface area contributed by atoms with Crippen molar-refractivity contribution in [2.45, 2.75) is 32.2 Å². The van der Waals surface area contributed by atoms with Crippen LogP contribution in [0.4, 0.5) is 0 Å². The molecule has 18 heavy (non-hydrogen) atoms. The first-order valence-electron chi connectivity index (χ1n) is 6.00. The second kappa shape index (κ2) is 4.44. The van der Waals surface area contributed by atoms with Crippen molar-refractivity contribution in [1.82, 2.24) is 5.32 Å². The minimum absolute atomic E-state index is 0.163. The van der Waals surface area contributed by atoms with E-state index in [2.05, 4.69) is 5.32 Å². The van der Waals surface area contributed by atoms with Crippen LogP contribution in [0.2, 0.25) is 0 Å². The maximum Gasteiger partial charge on any atom is 0.217 e. The summed E-state index contributed by atoms with van der Waals surface area (Å²) in [7, 11) is 0. The number of carbonyl (C=O) groups is 2. The number of carbonyl (C=O) groups excluding carboxylic acids is 2. The second-order valence-corrected chi connectivity index (χ2v) is 5.04. The lowest BCUT2D eigenvalue weighted by Gasteiger charge is -2.37. The summed E-state index contributed by atoms with van der Waals surface area (Å²) in [5, 5.41) is 13.9. The van der Waals surface area contributed by atoms with Gasteiger partial charge in [-0.05, 0) is 36.8 Å². The number of carboxylic acids is 1. The van der Waals surface area contributed by atoms with Gasteiger partial charge in [0.25, 0.3) is 0 Å². The van der Waals surface area contributed by atoms with Crippen LogP contribution in [-0.2, 0) is 22.4 Å². The largest absolute Gasteiger partial charge is 0.548 e. The third kappa shape index (κ3) is 2.10. The lowest BCUT2D eigenvalue weighted by molar-refractivity contribution is -0.315. The molecular formula is C14H16NO3-. The lowest BCUT2D eigenvalue weighted by Crippen LogP contribution is -2.62. The summed E-state index contributed by atoms with van der Waals surface area (Å²) in [5.41, 5.74) is 0.992. The number of aliphatic carboxylic acids is 1. The van der Waals surface area contributed by atoms with Gasteiger partial charge in [0.15, 0.2) is 0 Å². The number of amides is 1. The first kappa shape index (κ1) is 12.6. The fourth-order valence-electron chi connectivity index (χ4n) is 2.65. The van der Waals surface area contributed by atoms with Crippen molar-refractivity contribution < 1.29 is 14.7 Å². The van der Waals surface area contributed by atoms with Crippen LogP contribution in [0.3, 0.4) is 0 Å². The first-order chi connectivity index (χ1) is 8.43. The van der Waals surface area contributed by atoms with Crippen LogP contribution in [0, 0.1) is 5.92 Å². The Morgan fingerprint density at radius 1 is 1.28 bits per heavy atom. The molecule has 1 atom stereocenters. The van der Waals surface area contributed by atoms with Crippen LogP contribution < -0.4 is 10.4 Å². The van der Waals surface area contributed by atoms with Crippen molar-refractivity contribution in [1.29, 1.82) is 0 Å². The molecule has 4 heteroatoms. The van der Waals surface area contributed by atoms with Crippen LogP contribution >= 0.6 is 0 Å². The first-order valence-corrected chi connectivity index (χ1v) is 6.00. The summed E-state index contributed by atoms with van der Waals surface area (Å²) < 4.78 is 0. The Bertz CT molecular complexity index is 473. The monoisotopic (exact) mass is 246 g/mol. The van der Waals surface area contributed by atoms with Gasteiger partial charge in [-0.15, -0.1) is 0 Å². The third-order valence-corrected chi connectivity index (χ3v) is 3.73. The highest BCUT2D eigenvalue weighted by molar-refractivity contribution is 5.85. The maximum absolute atomic E-state index is 11.4. The summed E-state index contributed by atoms with van der Waals surface area (Å²) in [6, 6.07) is 7.88. The number of benzene rings is 1. The molecule has 2 rings (SSSR count). The van der Waals surface area contributed by atoms with E-state index in [1.165, 1.54) is 13.8 Å². The van der Waals surface area contributed by atoms with Gasteiger partial charge in [0.2, 0.25) is 5.91 Å². The zero-order valence-electron chi connectivity index (χ0n) is 10.5. The molecule has 1 aliphatic carbocycles. The zero-order valence-corrected chi connectivity index (χ0v) is 10.5. The highest BCUT2D eigenvalue weighted by atomic mass is 16.4. The van der Waals surface area contributed by atoms with Crippen LogP contribution in [-0.4, -0.2) is 17.4 Å². The van der Waals surface area contributed by atoms with Gasteiger partial charge >= 0.3 is 0 Å². The number of hydrogen-bond acceptors (Lipinski definition) is 3. The average molecular weight is 246 g/mol. The molecule has 4 nitrogen and oxygen atoms in total. The fraction of sp³-hybridized carbons (Fsp3) is 0.429. The van der Waals surface area contributed by atoms with E-state index in [0.717, 1.165) is 11.1 Å². The Labute approximate surface area is 106 Å². The predicted molar refractivity (Wildman–Crippen MR) is 64.6 cm³/mol. The number of carboxylic acid groups (broad SMARTS) is 1. The molecule has 1 aliphatic rings. The number of nitrogens with one attached hydrogen (secondary N) is 1. The Hall–Kier alpha value is -1.84. The normalized spacial score (nSPS) is 17.9. The van der Waals surface area contributed by atoms with Crippen LogP contribution in [0.15, 0.2) is 24.3 Å².